The first kappa shape index (κ1) is 15.0. The summed E-state index contributed by atoms with van der Waals surface area (Å²) in [5.74, 6) is 0.541. The van der Waals surface area contributed by atoms with Crippen molar-refractivity contribution in [1.82, 2.24) is 5.32 Å². The zero-order valence-corrected chi connectivity index (χ0v) is 12.6. The molecule has 2 atom stereocenters. The first-order valence-corrected chi connectivity index (χ1v) is 7.47. The first-order chi connectivity index (χ1) is 9.42. The lowest BCUT2D eigenvalue weighted by Crippen LogP contribution is -2.45. The van der Waals surface area contributed by atoms with Crippen molar-refractivity contribution in [2.75, 3.05) is 6.54 Å². The minimum atomic E-state index is -0.861. The highest BCUT2D eigenvalue weighted by Gasteiger charge is 2.37. The van der Waals surface area contributed by atoms with Crippen molar-refractivity contribution in [2.24, 2.45) is 11.8 Å². The van der Waals surface area contributed by atoms with Crippen molar-refractivity contribution < 1.29 is 9.90 Å². The standard InChI is InChI=1S/C17H25NO2/c1-12(2)17(3,20)11-18-16(19)15(14-9-10-14)13-7-5-4-6-8-13/h4-8,12,14-15,20H,9-11H2,1-3H3,(H,18,19). The Bertz CT molecular complexity index is 449. The summed E-state index contributed by atoms with van der Waals surface area (Å²) >= 11 is 0. The van der Waals surface area contributed by atoms with Gasteiger partial charge in [0.2, 0.25) is 5.91 Å². The van der Waals surface area contributed by atoms with Crippen molar-refractivity contribution in [3.05, 3.63) is 35.9 Å². The molecule has 1 saturated carbocycles. The average Bonchev–Trinajstić information content (AvgIpc) is 3.22. The van der Waals surface area contributed by atoms with Gasteiger partial charge in [0, 0.05) is 6.54 Å². The lowest BCUT2D eigenvalue weighted by molar-refractivity contribution is -0.124. The molecule has 1 aliphatic rings. The van der Waals surface area contributed by atoms with Crippen LogP contribution in [0.25, 0.3) is 0 Å². The van der Waals surface area contributed by atoms with Gasteiger partial charge in [0.05, 0.1) is 11.5 Å². The molecule has 2 N–H and O–H groups in total. The molecule has 20 heavy (non-hydrogen) atoms. The van der Waals surface area contributed by atoms with Crippen molar-refractivity contribution in [3.63, 3.8) is 0 Å². The minimum Gasteiger partial charge on any atom is -0.388 e. The van der Waals surface area contributed by atoms with Gasteiger partial charge in [-0.15, -0.1) is 0 Å². The van der Waals surface area contributed by atoms with Gasteiger partial charge in [0.1, 0.15) is 0 Å². The topological polar surface area (TPSA) is 49.3 Å². The summed E-state index contributed by atoms with van der Waals surface area (Å²) in [5.41, 5.74) is 0.220. The third-order valence-electron chi connectivity index (χ3n) is 4.40. The molecule has 0 aliphatic heterocycles. The van der Waals surface area contributed by atoms with Crippen LogP contribution in [0.2, 0.25) is 0 Å². The molecular formula is C17H25NO2. The first-order valence-electron chi connectivity index (χ1n) is 7.47. The van der Waals surface area contributed by atoms with Crippen molar-refractivity contribution in [2.45, 2.75) is 45.1 Å². The Morgan fingerprint density at radius 1 is 1.35 bits per heavy atom. The van der Waals surface area contributed by atoms with Crippen LogP contribution in [-0.4, -0.2) is 23.2 Å². The van der Waals surface area contributed by atoms with Crippen LogP contribution in [0.3, 0.4) is 0 Å². The molecule has 0 saturated heterocycles. The molecule has 2 unspecified atom stereocenters. The van der Waals surface area contributed by atoms with Crippen molar-refractivity contribution in [3.8, 4) is 0 Å². The Morgan fingerprint density at radius 3 is 2.45 bits per heavy atom. The third-order valence-corrected chi connectivity index (χ3v) is 4.40. The number of carbonyl (C=O) groups excluding carboxylic acids is 1. The van der Waals surface area contributed by atoms with E-state index in [4.69, 9.17) is 0 Å². The van der Waals surface area contributed by atoms with E-state index in [0.29, 0.717) is 12.5 Å². The van der Waals surface area contributed by atoms with Gasteiger partial charge >= 0.3 is 0 Å². The van der Waals surface area contributed by atoms with E-state index in [1.54, 1.807) is 6.92 Å². The van der Waals surface area contributed by atoms with Crippen molar-refractivity contribution in [1.29, 1.82) is 0 Å². The molecule has 0 radical (unpaired) electrons. The van der Waals surface area contributed by atoms with E-state index in [1.807, 2.05) is 44.2 Å². The molecule has 2 rings (SSSR count). The molecule has 3 nitrogen and oxygen atoms in total. The van der Waals surface area contributed by atoms with Gasteiger partial charge in [-0.2, -0.15) is 0 Å². The summed E-state index contributed by atoms with van der Waals surface area (Å²) in [7, 11) is 0. The molecule has 0 aromatic heterocycles. The summed E-state index contributed by atoms with van der Waals surface area (Å²) < 4.78 is 0. The molecule has 0 spiro atoms. The fourth-order valence-electron chi connectivity index (χ4n) is 2.31. The fourth-order valence-corrected chi connectivity index (χ4v) is 2.31. The van der Waals surface area contributed by atoms with E-state index >= 15 is 0 Å². The monoisotopic (exact) mass is 275 g/mol. The van der Waals surface area contributed by atoms with Crippen LogP contribution in [0.15, 0.2) is 30.3 Å². The summed E-state index contributed by atoms with van der Waals surface area (Å²) in [6.07, 6.45) is 2.24. The van der Waals surface area contributed by atoms with Crippen LogP contribution in [0.4, 0.5) is 0 Å². The molecule has 0 bridgehead atoms. The number of carbonyl (C=O) groups is 1. The van der Waals surface area contributed by atoms with Crippen LogP contribution < -0.4 is 5.32 Å². The quantitative estimate of drug-likeness (QED) is 0.838. The van der Waals surface area contributed by atoms with Gasteiger partial charge < -0.3 is 10.4 Å². The molecule has 1 aromatic rings. The molecule has 1 amide bonds. The number of aliphatic hydroxyl groups is 1. The maximum absolute atomic E-state index is 12.5. The second-order valence-electron chi connectivity index (χ2n) is 6.46. The number of amides is 1. The Hall–Kier alpha value is -1.35. The van der Waals surface area contributed by atoms with Crippen LogP contribution in [0.1, 0.15) is 45.1 Å². The van der Waals surface area contributed by atoms with E-state index in [2.05, 4.69) is 5.32 Å². The Balaban J connectivity index is 2.02. The van der Waals surface area contributed by atoms with E-state index in [1.165, 1.54) is 0 Å². The highest BCUT2D eigenvalue weighted by atomic mass is 16.3. The van der Waals surface area contributed by atoms with Crippen LogP contribution in [-0.2, 0) is 4.79 Å². The molecular weight excluding hydrogens is 250 g/mol. The maximum atomic E-state index is 12.5. The Kier molecular flexibility index (Phi) is 4.48. The van der Waals surface area contributed by atoms with Crippen LogP contribution in [0.5, 0.6) is 0 Å². The molecule has 1 fully saturated rings. The Labute approximate surface area is 121 Å². The fraction of sp³-hybridized carbons (Fsp3) is 0.588. The van der Waals surface area contributed by atoms with E-state index in [-0.39, 0.29) is 17.7 Å². The third kappa shape index (κ3) is 3.60. The van der Waals surface area contributed by atoms with Crippen LogP contribution in [0, 0.1) is 11.8 Å². The molecule has 1 aromatic carbocycles. The van der Waals surface area contributed by atoms with E-state index in [9.17, 15) is 9.90 Å². The normalized spacial score (nSPS) is 19.4. The lowest BCUT2D eigenvalue weighted by Gasteiger charge is -2.29. The number of hydrogen-bond acceptors (Lipinski definition) is 2. The van der Waals surface area contributed by atoms with Gasteiger partial charge in [-0.05, 0) is 37.2 Å². The van der Waals surface area contributed by atoms with Gasteiger partial charge in [0.25, 0.3) is 0 Å². The second kappa shape index (κ2) is 5.96. The summed E-state index contributed by atoms with van der Waals surface area (Å²) in [5, 5.41) is 13.2. The van der Waals surface area contributed by atoms with Gasteiger partial charge in [-0.25, -0.2) is 0 Å². The van der Waals surface area contributed by atoms with Gasteiger partial charge in [-0.1, -0.05) is 44.2 Å². The summed E-state index contributed by atoms with van der Waals surface area (Å²) in [6.45, 7) is 6.00. The lowest BCUT2D eigenvalue weighted by atomic mass is 9.90. The highest BCUT2D eigenvalue weighted by molar-refractivity contribution is 5.84. The zero-order chi connectivity index (χ0) is 14.8. The summed E-state index contributed by atoms with van der Waals surface area (Å²) in [4.78, 5) is 12.5. The van der Waals surface area contributed by atoms with E-state index < -0.39 is 5.60 Å². The predicted octanol–water partition coefficient (Wildman–Crippen LogP) is 2.70. The van der Waals surface area contributed by atoms with E-state index in [0.717, 1.165) is 18.4 Å². The number of hydrogen-bond donors (Lipinski definition) is 2. The SMILES string of the molecule is CC(C)C(C)(O)CNC(=O)C(c1ccccc1)C1CC1. The Morgan fingerprint density at radius 2 is 1.95 bits per heavy atom. The number of rotatable bonds is 6. The summed E-state index contributed by atoms with van der Waals surface area (Å²) in [6, 6.07) is 9.95. The smallest absolute Gasteiger partial charge is 0.227 e. The second-order valence-corrected chi connectivity index (χ2v) is 6.46. The molecule has 3 heteroatoms. The minimum absolute atomic E-state index is 0.0413. The zero-order valence-electron chi connectivity index (χ0n) is 12.6. The van der Waals surface area contributed by atoms with Gasteiger partial charge in [0.15, 0.2) is 0 Å². The van der Waals surface area contributed by atoms with Crippen molar-refractivity contribution >= 4 is 5.91 Å². The largest absolute Gasteiger partial charge is 0.388 e. The predicted molar refractivity (Wildman–Crippen MR) is 80.4 cm³/mol. The number of benzene rings is 1. The molecule has 110 valence electrons. The number of nitrogens with one attached hydrogen (secondary N) is 1. The van der Waals surface area contributed by atoms with Gasteiger partial charge in [-0.3, -0.25) is 4.79 Å². The highest BCUT2D eigenvalue weighted by Crippen LogP contribution is 2.42. The van der Waals surface area contributed by atoms with Crippen LogP contribution >= 0.6 is 0 Å². The molecule has 0 heterocycles. The maximum Gasteiger partial charge on any atom is 0.227 e. The molecule has 1 aliphatic carbocycles. The average molecular weight is 275 g/mol.